The quantitative estimate of drug-likeness (QED) is 0.632. The van der Waals surface area contributed by atoms with Crippen molar-refractivity contribution in [2.75, 3.05) is 10.6 Å². The second-order valence-corrected chi connectivity index (χ2v) is 7.34. The molecule has 1 aliphatic heterocycles. The van der Waals surface area contributed by atoms with E-state index in [1.807, 2.05) is 0 Å². The number of carbonyl (C=O) groups is 2. The number of hydrogen-bond acceptors (Lipinski definition) is 4. The Morgan fingerprint density at radius 1 is 1.14 bits per heavy atom. The van der Waals surface area contributed by atoms with Gasteiger partial charge < -0.3 is 10.6 Å². The molecular weight excluding hydrogens is 403 g/mol. The molecule has 2 amide bonds. The van der Waals surface area contributed by atoms with Gasteiger partial charge in [-0.15, -0.1) is 11.3 Å². The van der Waals surface area contributed by atoms with Gasteiger partial charge in [-0.25, -0.2) is 4.98 Å². The molecule has 0 radical (unpaired) electrons. The average Bonchev–Trinajstić information content (AvgIpc) is 3.17. The van der Waals surface area contributed by atoms with Gasteiger partial charge in [0.25, 0.3) is 5.91 Å². The molecule has 0 unspecified atom stereocenters. The number of anilines is 2. The van der Waals surface area contributed by atoms with E-state index in [-0.39, 0.29) is 22.0 Å². The van der Waals surface area contributed by atoms with E-state index in [0.29, 0.717) is 24.2 Å². The molecule has 0 aliphatic carbocycles. The molecule has 1 aromatic heterocycles. The fourth-order valence-electron chi connectivity index (χ4n) is 3.10. The standard InChI is InChI=1S/C20H14F3N3O2S/c21-20(22,23)13-3-1-2-12(8-13)17-18(29-10-24-17)19(28)25-14-5-6-15-11(9-14)4-7-16(27)26-15/h1-3,5-6,8-10H,4,7H2,(H,25,28)(H,26,27). The van der Waals surface area contributed by atoms with Crippen LogP contribution in [0.15, 0.2) is 48.0 Å². The maximum Gasteiger partial charge on any atom is 0.416 e. The molecule has 1 aliphatic rings. The van der Waals surface area contributed by atoms with Crippen LogP contribution in [0.25, 0.3) is 11.3 Å². The normalized spacial score (nSPS) is 13.6. The van der Waals surface area contributed by atoms with Gasteiger partial charge in [-0.05, 0) is 42.3 Å². The average molecular weight is 417 g/mol. The van der Waals surface area contributed by atoms with Crippen LogP contribution >= 0.6 is 11.3 Å². The lowest BCUT2D eigenvalue weighted by atomic mass is 10.0. The van der Waals surface area contributed by atoms with Gasteiger partial charge in [0.15, 0.2) is 0 Å². The van der Waals surface area contributed by atoms with Crippen LogP contribution in [0, 0.1) is 0 Å². The first-order valence-corrected chi connectivity index (χ1v) is 9.54. The summed E-state index contributed by atoms with van der Waals surface area (Å²) in [5.41, 5.74) is 3.20. The fraction of sp³-hybridized carbons (Fsp3) is 0.150. The summed E-state index contributed by atoms with van der Waals surface area (Å²) in [6, 6.07) is 9.88. The molecule has 29 heavy (non-hydrogen) atoms. The van der Waals surface area contributed by atoms with E-state index >= 15 is 0 Å². The van der Waals surface area contributed by atoms with Gasteiger partial charge in [0.1, 0.15) is 4.88 Å². The van der Waals surface area contributed by atoms with E-state index in [4.69, 9.17) is 0 Å². The second kappa shape index (κ2) is 7.32. The molecule has 3 aromatic rings. The highest BCUT2D eigenvalue weighted by Crippen LogP contribution is 2.34. The number of nitrogens with zero attached hydrogens (tertiary/aromatic N) is 1. The van der Waals surface area contributed by atoms with Gasteiger partial charge in [0, 0.05) is 23.4 Å². The van der Waals surface area contributed by atoms with Crippen molar-refractivity contribution in [3.05, 3.63) is 64.0 Å². The van der Waals surface area contributed by atoms with Gasteiger partial charge in [0.2, 0.25) is 5.91 Å². The number of nitrogens with one attached hydrogen (secondary N) is 2. The molecule has 0 bridgehead atoms. The smallest absolute Gasteiger partial charge is 0.326 e. The number of fused-ring (bicyclic) bond motifs is 1. The van der Waals surface area contributed by atoms with Gasteiger partial charge in [-0.2, -0.15) is 13.2 Å². The SMILES string of the molecule is O=C1CCc2cc(NC(=O)c3scnc3-c3cccc(C(F)(F)F)c3)ccc2N1. The predicted octanol–water partition coefficient (Wildman–Crippen LogP) is 4.97. The van der Waals surface area contributed by atoms with Crippen LogP contribution in [0.5, 0.6) is 0 Å². The van der Waals surface area contributed by atoms with E-state index in [2.05, 4.69) is 15.6 Å². The number of halogens is 3. The number of benzene rings is 2. The van der Waals surface area contributed by atoms with Crippen molar-refractivity contribution < 1.29 is 22.8 Å². The van der Waals surface area contributed by atoms with E-state index < -0.39 is 17.6 Å². The number of thiazole rings is 1. The molecule has 0 spiro atoms. The summed E-state index contributed by atoms with van der Waals surface area (Å²) in [5, 5.41) is 5.52. The fourth-order valence-corrected chi connectivity index (χ4v) is 3.81. The molecule has 2 heterocycles. The lowest BCUT2D eigenvalue weighted by molar-refractivity contribution is -0.137. The number of aryl methyl sites for hydroxylation is 1. The third kappa shape index (κ3) is 4.00. The summed E-state index contributed by atoms with van der Waals surface area (Å²) >= 11 is 1.05. The Balaban J connectivity index is 1.59. The molecule has 0 atom stereocenters. The van der Waals surface area contributed by atoms with Crippen LogP contribution in [0.4, 0.5) is 24.5 Å². The first kappa shape index (κ1) is 19.1. The minimum absolute atomic E-state index is 0.0512. The zero-order chi connectivity index (χ0) is 20.6. The van der Waals surface area contributed by atoms with Crippen LogP contribution in [0.1, 0.15) is 27.2 Å². The van der Waals surface area contributed by atoms with E-state index in [0.717, 1.165) is 29.0 Å². The van der Waals surface area contributed by atoms with Crippen molar-refractivity contribution in [2.45, 2.75) is 19.0 Å². The summed E-state index contributed by atoms with van der Waals surface area (Å²) in [7, 11) is 0. The zero-order valence-electron chi connectivity index (χ0n) is 14.8. The number of carbonyl (C=O) groups excluding carboxylic acids is 2. The topological polar surface area (TPSA) is 71.1 Å². The summed E-state index contributed by atoms with van der Waals surface area (Å²) in [5.74, 6) is -0.510. The number of alkyl halides is 3. The monoisotopic (exact) mass is 417 g/mol. The van der Waals surface area contributed by atoms with Crippen molar-refractivity contribution in [1.82, 2.24) is 4.98 Å². The van der Waals surface area contributed by atoms with Crippen LogP contribution in [-0.4, -0.2) is 16.8 Å². The maximum absolute atomic E-state index is 13.0. The lowest BCUT2D eigenvalue weighted by Crippen LogP contribution is -2.19. The Bertz CT molecular complexity index is 1110. The highest BCUT2D eigenvalue weighted by Gasteiger charge is 2.31. The Hall–Kier alpha value is -3.20. The first-order chi connectivity index (χ1) is 13.8. The van der Waals surface area contributed by atoms with Crippen molar-refractivity contribution in [3.8, 4) is 11.3 Å². The highest BCUT2D eigenvalue weighted by atomic mass is 32.1. The number of amides is 2. The molecule has 5 nitrogen and oxygen atoms in total. The van der Waals surface area contributed by atoms with Gasteiger partial charge >= 0.3 is 6.18 Å². The van der Waals surface area contributed by atoms with Crippen molar-refractivity contribution in [2.24, 2.45) is 0 Å². The third-order valence-corrected chi connectivity index (χ3v) is 5.32. The first-order valence-electron chi connectivity index (χ1n) is 8.66. The van der Waals surface area contributed by atoms with Crippen LogP contribution in [0.3, 0.4) is 0 Å². The summed E-state index contributed by atoms with van der Waals surface area (Å²) < 4.78 is 39.0. The molecule has 0 fully saturated rings. The number of aromatic nitrogens is 1. The largest absolute Gasteiger partial charge is 0.416 e. The number of hydrogen-bond donors (Lipinski definition) is 2. The molecule has 148 valence electrons. The minimum Gasteiger partial charge on any atom is -0.326 e. The Kier molecular flexibility index (Phi) is 4.83. The van der Waals surface area contributed by atoms with Gasteiger partial charge in [0.05, 0.1) is 16.8 Å². The van der Waals surface area contributed by atoms with Gasteiger partial charge in [-0.3, -0.25) is 9.59 Å². The van der Waals surface area contributed by atoms with Crippen LogP contribution < -0.4 is 10.6 Å². The van der Waals surface area contributed by atoms with Crippen molar-refractivity contribution >= 4 is 34.5 Å². The lowest BCUT2D eigenvalue weighted by Gasteiger charge is -2.17. The number of rotatable bonds is 3. The van der Waals surface area contributed by atoms with Crippen LogP contribution in [0.2, 0.25) is 0 Å². The summed E-state index contributed by atoms with van der Waals surface area (Å²) in [4.78, 5) is 28.5. The molecule has 0 saturated carbocycles. The highest BCUT2D eigenvalue weighted by molar-refractivity contribution is 7.12. The molecule has 9 heteroatoms. The molecule has 2 aromatic carbocycles. The molecule has 0 saturated heterocycles. The van der Waals surface area contributed by atoms with Crippen molar-refractivity contribution in [1.29, 1.82) is 0 Å². The third-order valence-electron chi connectivity index (χ3n) is 4.50. The Morgan fingerprint density at radius 2 is 1.97 bits per heavy atom. The Labute approximate surface area is 167 Å². The van der Waals surface area contributed by atoms with E-state index in [9.17, 15) is 22.8 Å². The van der Waals surface area contributed by atoms with E-state index in [1.165, 1.54) is 17.6 Å². The molecular formula is C20H14F3N3O2S. The minimum atomic E-state index is -4.48. The predicted molar refractivity (Wildman–Crippen MR) is 104 cm³/mol. The van der Waals surface area contributed by atoms with E-state index in [1.54, 1.807) is 18.2 Å². The summed E-state index contributed by atoms with van der Waals surface area (Å²) in [6.07, 6.45) is -3.53. The van der Waals surface area contributed by atoms with Gasteiger partial charge in [-0.1, -0.05) is 12.1 Å². The second-order valence-electron chi connectivity index (χ2n) is 6.48. The zero-order valence-corrected chi connectivity index (χ0v) is 15.7. The van der Waals surface area contributed by atoms with Crippen LogP contribution in [-0.2, 0) is 17.4 Å². The maximum atomic E-state index is 13.0. The van der Waals surface area contributed by atoms with Crippen molar-refractivity contribution in [3.63, 3.8) is 0 Å². The Morgan fingerprint density at radius 3 is 2.76 bits per heavy atom. The molecule has 4 rings (SSSR count). The summed E-state index contributed by atoms with van der Waals surface area (Å²) in [6.45, 7) is 0. The molecule has 2 N–H and O–H groups in total.